The number of benzene rings is 3. The van der Waals surface area contributed by atoms with E-state index in [9.17, 15) is 4.79 Å². The number of hydrogen-bond acceptors (Lipinski definition) is 4. The van der Waals surface area contributed by atoms with Gasteiger partial charge in [-0.2, -0.15) is 0 Å². The van der Waals surface area contributed by atoms with Crippen molar-refractivity contribution in [1.82, 2.24) is 20.1 Å². The SMILES string of the molecule is CCSc1nnc(CNC(=O)c2cccc3ccccc23)n1-c1ccc(Cl)c(Cl)c1. The first kappa shape index (κ1) is 20.7. The summed E-state index contributed by atoms with van der Waals surface area (Å²) < 4.78 is 1.89. The monoisotopic (exact) mass is 456 g/mol. The van der Waals surface area contributed by atoms with Crippen molar-refractivity contribution in [2.24, 2.45) is 0 Å². The summed E-state index contributed by atoms with van der Waals surface area (Å²) in [5, 5.41) is 15.1. The van der Waals surface area contributed by atoms with Crippen LogP contribution in [0.3, 0.4) is 0 Å². The number of amides is 1. The van der Waals surface area contributed by atoms with Gasteiger partial charge in [0.05, 0.1) is 22.3 Å². The minimum atomic E-state index is -0.166. The van der Waals surface area contributed by atoms with E-state index in [2.05, 4.69) is 15.5 Å². The fourth-order valence-electron chi connectivity index (χ4n) is 3.20. The Morgan fingerprint density at radius 1 is 1.03 bits per heavy atom. The van der Waals surface area contributed by atoms with E-state index in [-0.39, 0.29) is 12.5 Å². The zero-order valence-electron chi connectivity index (χ0n) is 16.1. The molecular formula is C22H18Cl2N4OS. The second kappa shape index (κ2) is 9.08. The van der Waals surface area contributed by atoms with Crippen LogP contribution in [0.2, 0.25) is 10.0 Å². The van der Waals surface area contributed by atoms with Gasteiger partial charge in [-0.05, 0) is 40.8 Å². The van der Waals surface area contributed by atoms with E-state index in [1.807, 2.05) is 60.0 Å². The molecule has 8 heteroatoms. The third kappa shape index (κ3) is 4.17. The summed E-state index contributed by atoms with van der Waals surface area (Å²) in [6.45, 7) is 2.26. The van der Waals surface area contributed by atoms with Gasteiger partial charge in [-0.15, -0.1) is 10.2 Å². The van der Waals surface area contributed by atoms with Crippen LogP contribution >= 0.6 is 35.0 Å². The Morgan fingerprint density at radius 3 is 2.63 bits per heavy atom. The van der Waals surface area contributed by atoms with E-state index in [0.29, 0.717) is 21.4 Å². The van der Waals surface area contributed by atoms with E-state index in [1.54, 1.807) is 23.9 Å². The lowest BCUT2D eigenvalue weighted by molar-refractivity contribution is 0.0951. The smallest absolute Gasteiger partial charge is 0.252 e. The molecule has 30 heavy (non-hydrogen) atoms. The summed E-state index contributed by atoms with van der Waals surface area (Å²) >= 11 is 13.8. The first-order valence-electron chi connectivity index (χ1n) is 9.37. The Bertz CT molecular complexity index is 1220. The number of fused-ring (bicyclic) bond motifs is 1. The van der Waals surface area contributed by atoms with Crippen LogP contribution in [0.5, 0.6) is 0 Å². The van der Waals surface area contributed by atoms with E-state index in [0.717, 1.165) is 27.4 Å². The number of carbonyl (C=O) groups excluding carboxylic acids is 1. The topological polar surface area (TPSA) is 59.8 Å². The van der Waals surface area contributed by atoms with Crippen molar-refractivity contribution in [3.05, 3.63) is 82.1 Å². The molecule has 1 amide bonds. The van der Waals surface area contributed by atoms with Crippen LogP contribution in [0, 0.1) is 0 Å². The number of aromatic nitrogens is 3. The highest BCUT2D eigenvalue weighted by Gasteiger charge is 2.17. The molecule has 0 bridgehead atoms. The fourth-order valence-corrected chi connectivity index (χ4v) is 4.19. The molecular weight excluding hydrogens is 439 g/mol. The Hall–Kier alpha value is -2.54. The first-order chi connectivity index (χ1) is 14.6. The fraction of sp³-hybridized carbons (Fsp3) is 0.136. The highest BCUT2D eigenvalue weighted by molar-refractivity contribution is 7.99. The largest absolute Gasteiger partial charge is 0.345 e. The van der Waals surface area contributed by atoms with Crippen LogP contribution in [0.25, 0.3) is 16.5 Å². The summed E-state index contributed by atoms with van der Waals surface area (Å²) in [6, 6.07) is 18.9. The lowest BCUT2D eigenvalue weighted by Gasteiger charge is -2.12. The minimum absolute atomic E-state index is 0.166. The van der Waals surface area contributed by atoms with Gasteiger partial charge in [-0.25, -0.2) is 0 Å². The van der Waals surface area contributed by atoms with Crippen molar-refractivity contribution in [3.63, 3.8) is 0 Å². The Morgan fingerprint density at radius 2 is 1.83 bits per heavy atom. The van der Waals surface area contributed by atoms with E-state index in [4.69, 9.17) is 23.2 Å². The molecule has 0 fully saturated rings. The summed E-state index contributed by atoms with van der Waals surface area (Å²) in [7, 11) is 0. The second-order valence-electron chi connectivity index (χ2n) is 6.48. The zero-order chi connectivity index (χ0) is 21.1. The number of halogens is 2. The van der Waals surface area contributed by atoms with Crippen molar-refractivity contribution >= 4 is 51.6 Å². The van der Waals surface area contributed by atoms with Gasteiger partial charge in [0.15, 0.2) is 11.0 Å². The number of thioether (sulfide) groups is 1. The molecule has 3 aromatic carbocycles. The molecule has 152 valence electrons. The molecule has 0 saturated heterocycles. The molecule has 4 aromatic rings. The molecule has 1 N–H and O–H groups in total. The number of hydrogen-bond donors (Lipinski definition) is 1. The van der Waals surface area contributed by atoms with Crippen LogP contribution in [-0.4, -0.2) is 26.4 Å². The van der Waals surface area contributed by atoms with Crippen molar-refractivity contribution in [2.75, 3.05) is 5.75 Å². The average molecular weight is 457 g/mol. The summed E-state index contributed by atoms with van der Waals surface area (Å²) in [5.41, 5.74) is 1.41. The molecule has 0 atom stereocenters. The molecule has 0 saturated carbocycles. The van der Waals surface area contributed by atoms with E-state index < -0.39 is 0 Å². The van der Waals surface area contributed by atoms with Crippen LogP contribution in [-0.2, 0) is 6.54 Å². The first-order valence-corrected chi connectivity index (χ1v) is 11.1. The molecule has 0 aliphatic carbocycles. The van der Waals surface area contributed by atoms with Crippen LogP contribution in [0.4, 0.5) is 0 Å². The maximum atomic E-state index is 12.9. The maximum absolute atomic E-state index is 12.9. The average Bonchev–Trinajstić information content (AvgIpc) is 3.16. The van der Waals surface area contributed by atoms with Gasteiger partial charge in [0.2, 0.25) is 0 Å². The Labute approximate surface area is 188 Å². The molecule has 0 aliphatic heterocycles. The molecule has 1 heterocycles. The lowest BCUT2D eigenvalue weighted by atomic mass is 10.0. The third-order valence-corrected chi connectivity index (χ3v) is 6.13. The van der Waals surface area contributed by atoms with Crippen molar-refractivity contribution in [3.8, 4) is 5.69 Å². The number of rotatable bonds is 6. The van der Waals surface area contributed by atoms with Gasteiger partial charge in [0, 0.05) is 5.56 Å². The van der Waals surface area contributed by atoms with E-state index >= 15 is 0 Å². The number of carbonyl (C=O) groups is 1. The molecule has 0 unspecified atom stereocenters. The van der Waals surface area contributed by atoms with Crippen molar-refractivity contribution in [1.29, 1.82) is 0 Å². The molecule has 0 spiro atoms. The normalized spacial score (nSPS) is 11.0. The summed E-state index contributed by atoms with van der Waals surface area (Å²) in [5.74, 6) is 1.28. The van der Waals surface area contributed by atoms with Crippen LogP contribution in [0.15, 0.2) is 65.8 Å². The van der Waals surface area contributed by atoms with Crippen molar-refractivity contribution in [2.45, 2.75) is 18.6 Å². The highest BCUT2D eigenvalue weighted by Crippen LogP contribution is 2.28. The molecule has 5 nitrogen and oxygen atoms in total. The number of nitrogens with zero attached hydrogens (tertiary/aromatic N) is 3. The van der Waals surface area contributed by atoms with E-state index in [1.165, 1.54) is 0 Å². The van der Waals surface area contributed by atoms with Gasteiger partial charge in [0.1, 0.15) is 0 Å². The number of nitrogens with one attached hydrogen (secondary N) is 1. The summed E-state index contributed by atoms with van der Waals surface area (Å²) in [6.07, 6.45) is 0. The quantitative estimate of drug-likeness (QED) is 0.374. The zero-order valence-corrected chi connectivity index (χ0v) is 18.4. The predicted octanol–water partition coefficient (Wildman–Crippen LogP) is 5.77. The Kier molecular flexibility index (Phi) is 6.27. The van der Waals surface area contributed by atoms with Crippen LogP contribution in [0.1, 0.15) is 23.1 Å². The molecule has 1 aromatic heterocycles. The minimum Gasteiger partial charge on any atom is -0.345 e. The molecule has 0 aliphatic rings. The Balaban J connectivity index is 1.63. The lowest BCUT2D eigenvalue weighted by Crippen LogP contribution is -2.25. The molecule has 4 rings (SSSR count). The standard InChI is InChI=1S/C22H18Cl2N4OS/c1-2-30-22-27-26-20(28(22)15-10-11-18(23)19(24)12-15)13-25-21(29)17-9-5-7-14-6-3-4-8-16(14)17/h3-12H,2,13H2,1H3,(H,25,29). The highest BCUT2D eigenvalue weighted by atomic mass is 35.5. The summed E-state index contributed by atoms with van der Waals surface area (Å²) in [4.78, 5) is 12.9. The second-order valence-corrected chi connectivity index (χ2v) is 8.52. The van der Waals surface area contributed by atoms with Gasteiger partial charge < -0.3 is 5.32 Å². The van der Waals surface area contributed by atoms with Crippen LogP contribution < -0.4 is 5.32 Å². The molecule has 0 radical (unpaired) electrons. The van der Waals surface area contributed by atoms with Crippen molar-refractivity contribution < 1.29 is 4.79 Å². The maximum Gasteiger partial charge on any atom is 0.252 e. The van der Waals surface area contributed by atoms with Gasteiger partial charge in [-0.3, -0.25) is 9.36 Å². The van der Waals surface area contributed by atoms with Gasteiger partial charge in [0.25, 0.3) is 5.91 Å². The third-order valence-electron chi connectivity index (χ3n) is 4.58. The predicted molar refractivity (Wildman–Crippen MR) is 123 cm³/mol. The van der Waals surface area contributed by atoms with Gasteiger partial charge >= 0.3 is 0 Å². The van der Waals surface area contributed by atoms with Gasteiger partial charge in [-0.1, -0.05) is 78.3 Å².